The fraction of sp³-hybridized carbons (Fsp3) is 0.286. The number of aromatic nitrogens is 2. The molecule has 0 amide bonds. The van der Waals surface area contributed by atoms with E-state index in [1.165, 1.54) is 12.1 Å². The average molecular weight is 403 g/mol. The largest absolute Gasteiger partial charge is 0.356 e. The van der Waals surface area contributed by atoms with Crippen LogP contribution in [0, 0.1) is 5.82 Å². The predicted molar refractivity (Wildman–Crippen MR) is 92.3 cm³/mol. The van der Waals surface area contributed by atoms with Crippen LogP contribution in [-0.4, -0.2) is 29.7 Å². The summed E-state index contributed by atoms with van der Waals surface area (Å²) in [7, 11) is 1.72. The second-order valence-corrected chi connectivity index (χ2v) is 4.31. The number of guanidine groups is 1. The average Bonchev–Trinajstić information content (AvgIpc) is 2.98. The first kappa shape index (κ1) is 17.4. The number of H-pyrrole nitrogens is 1. The van der Waals surface area contributed by atoms with Crippen molar-refractivity contribution in [1.82, 2.24) is 20.8 Å². The van der Waals surface area contributed by atoms with E-state index in [-0.39, 0.29) is 29.8 Å². The standard InChI is InChI=1S/C14H18FN5.HI/c1-16-14(18-10-13-7-9-19-20-13)17-8-6-11-2-4-12(15)5-3-11;/h2-5,7,9H,6,8,10H2,1H3,(H,19,20)(H2,16,17,18);1H. The zero-order valence-corrected chi connectivity index (χ0v) is 14.1. The summed E-state index contributed by atoms with van der Waals surface area (Å²) < 4.78 is 12.8. The minimum atomic E-state index is -0.209. The van der Waals surface area contributed by atoms with Crippen LogP contribution in [0.5, 0.6) is 0 Å². The third-order valence-electron chi connectivity index (χ3n) is 2.85. The summed E-state index contributed by atoms with van der Waals surface area (Å²) in [6, 6.07) is 8.43. The molecule has 0 saturated carbocycles. The molecular formula is C14H19FIN5. The second-order valence-electron chi connectivity index (χ2n) is 4.31. The van der Waals surface area contributed by atoms with Gasteiger partial charge in [-0.2, -0.15) is 5.10 Å². The van der Waals surface area contributed by atoms with Gasteiger partial charge in [-0.05, 0) is 30.2 Å². The van der Waals surface area contributed by atoms with E-state index in [4.69, 9.17) is 0 Å². The Bertz CT molecular complexity index is 539. The number of rotatable bonds is 5. The maximum atomic E-state index is 12.8. The Morgan fingerprint density at radius 2 is 2.00 bits per heavy atom. The topological polar surface area (TPSA) is 65.1 Å². The Labute approximate surface area is 140 Å². The lowest BCUT2D eigenvalue weighted by atomic mass is 10.1. The van der Waals surface area contributed by atoms with Crippen molar-refractivity contribution < 1.29 is 4.39 Å². The highest BCUT2D eigenvalue weighted by Crippen LogP contribution is 2.02. The molecule has 0 aliphatic carbocycles. The summed E-state index contributed by atoms with van der Waals surface area (Å²) in [5, 5.41) is 13.1. The SMILES string of the molecule is CN=C(NCCc1ccc(F)cc1)NCc1ccn[nH]1.I. The Kier molecular flexibility index (Phi) is 7.73. The van der Waals surface area contributed by atoms with Crippen LogP contribution in [-0.2, 0) is 13.0 Å². The second kappa shape index (κ2) is 9.32. The first-order valence-electron chi connectivity index (χ1n) is 6.45. The lowest BCUT2D eigenvalue weighted by Crippen LogP contribution is -2.37. The van der Waals surface area contributed by atoms with Crippen LogP contribution >= 0.6 is 24.0 Å². The van der Waals surface area contributed by atoms with E-state index in [0.717, 1.165) is 30.2 Å². The van der Waals surface area contributed by atoms with Crippen LogP contribution in [0.2, 0.25) is 0 Å². The quantitative estimate of drug-likeness (QED) is 0.407. The van der Waals surface area contributed by atoms with E-state index in [9.17, 15) is 4.39 Å². The van der Waals surface area contributed by atoms with Gasteiger partial charge in [0, 0.05) is 19.8 Å². The van der Waals surface area contributed by atoms with Crippen molar-refractivity contribution >= 4 is 29.9 Å². The number of hydrogen-bond donors (Lipinski definition) is 3. The lowest BCUT2D eigenvalue weighted by molar-refractivity contribution is 0.626. The molecule has 0 saturated heterocycles. The van der Waals surface area contributed by atoms with Crippen LogP contribution in [0.25, 0.3) is 0 Å². The van der Waals surface area contributed by atoms with Crippen LogP contribution in [0.1, 0.15) is 11.3 Å². The van der Waals surface area contributed by atoms with E-state index in [1.807, 2.05) is 6.07 Å². The van der Waals surface area contributed by atoms with Crippen molar-refractivity contribution in [3.63, 3.8) is 0 Å². The van der Waals surface area contributed by atoms with E-state index >= 15 is 0 Å². The molecule has 2 rings (SSSR count). The van der Waals surface area contributed by atoms with Gasteiger partial charge < -0.3 is 10.6 Å². The third-order valence-corrected chi connectivity index (χ3v) is 2.85. The molecule has 5 nitrogen and oxygen atoms in total. The van der Waals surface area contributed by atoms with Crippen molar-refractivity contribution in [2.75, 3.05) is 13.6 Å². The molecule has 0 aliphatic rings. The zero-order chi connectivity index (χ0) is 14.2. The number of aromatic amines is 1. The maximum absolute atomic E-state index is 12.8. The smallest absolute Gasteiger partial charge is 0.191 e. The van der Waals surface area contributed by atoms with Gasteiger partial charge in [-0.1, -0.05) is 12.1 Å². The van der Waals surface area contributed by atoms with Crippen LogP contribution in [0.3, 0.4) is 0 Å². The van der Waals surface area contributed by atoms with Crippen molar-refractivity contribution in [2.24, 2.45) is 4.99 Å². The Hall–Kier alpha value is -1.64. The van der Waals surface area contributed by atoms with Gasteiger partial charge in [0.2, 0.25) is 0 Å². The molecule has 0 spiro atoms. The molecule has 0 atom stereocenters. The number of halogens is 2. The van der Waals surface area contributed by atoms with Crippen molar-refractivity contribution in [1.29, 1.82) is 0 Å². The minimum Gasteiger partial charge on any atom is -0.356 e. The minimum absolute atomic E-state index is 0. The van der Waals surface area contributed by atoms with Gasteiger partial charge in [-0.15, -0.1) is 24.0 Å². The van der Waals surface area contributed by atoms with Crippen LogP contribution < -0.4 is 10.6 Å². The molecule has 1 aromatic carbocycles. The highest BCUT2D eigenvalue weighted by Gasteiger charge is 1.99. The highest BCUT2D eigenvalue weighted by atomic mass is 127. The van der Waals surface area contributed by atoms with Gasteiger partial charge >= 0.3 is 0 Å². The van der Waals surface area contributed by atoms with Gasteiger partial charge in [0.1, 0.15) is 5.82 Å². The van der Waals surface area contributed by atoms with Gasteiger partial charge in [-0.25, -0.2) is 4.39 Å². The third kappa shape index (κ3) is 6.11. The monoisotopic (exact) mass is 403 g/mol. The number of benzene rings is 1. The summed E-state index contributed by atoms with van der Waals surface area (Å²) in [5.74, 6) is 0.514. The van der Waals surface area contributed by atoms with Gasteiger partial charge in [0.05, 0.1) is 12.2 Å². The first-order valence-corrected chi connectivity index (χ1v) is 6.45. The van der Waals surface area contributed by atoms with E-state index in [2.05, 4.69) is 25.8 Å². The molecule has 21 heavy (non-hydrogen) atoms. The van der Waals surface area contributed by atoms with E-state index in [0.29, 0.717) is 6.54 Å². The molecule has 0 bridgehead atoms. The molecule has 1 aromatic heterocycles. The van der Waals surface area contributed by atoms with Gasteiger partial charge in [-0.3, -0.25) is 10.1 Å². The summed E-state index contributed by atoms with van der Waals surface area (Å²) in [5.41, 5.74) is 2.08. The Balaban J connectivity index is 0.00000220. The number of nitrogens with zero attached hydrogens (tertiary/aromatic N) is 2. The molecule has 0 unspecified atom stereocenters. The van der Waals surface area contributed by atoms with Gasteiger partial charge in [0.15, 0.2) is 5.96 Å². The molecule has 1 heterocycles. The van der Waals surface area contributed by atoms with Crippen molar-refractivity contribution in [3.8, 4) is 0 Å². The Morgan fingerprint density at radius 1 is 1.24 bits per heavy atom. The molecule has 114 valence electrons. The number of hydrogen-bond acceptors (Lipinski definition) is 2. The molecule has 3 N–H and O–H groups in total. The molecule has 0 fully saturated rings. The molecule has 0 aliphatic heterocycles. The zero-order valence-electron chi connectivity index (χ0n) is 11.8. The molecular weight excluding hydrogens is 384 g/mol. The first-order chi connectivity index (χ1) is 9.78. The summed E-state index contributed by atoms with van der Waals surface area (Å²) >= 11 is 0. The van der Waals surface area contributed by atoms with Crippen LogP contribution in [0.15, 0.2) is 41.5 Å². The van der Waals surface area contributed by atoms with Crippen molar-refractivity contribution in [2.45, 2.75) is 13.0 Å². The van der Waals surface area contributed by atoms with Gasteiger partial charge in [0.25, 0.3) is 0 Å². The molecule has 7 heteroatoms. The van der Waals surface area contributed by atoms with Crippen molar-refractivity contribution in [3.05, 3.63) is 53.6 Å². The molecule has 0 radical (unpaired) electrons. The summed E-state index contributed by atoms with van der Waals surface area (Å²) in [6.07, 6.45) is 2.52. The molecule has 2 aromatic rings. The fourth-order valence-electron chi connectivity index (χ4n) is 1.76. The van der Waals surface area contributed by atoms with E-state index in [1.54, 1.807) is 25.4 Å². The number of nitrogens with one attached hydrogen (secondary N) is 3. The normalized spacial score (nSPS) is 10.9. The lowest BCUT2D eigenvalue weighted by Gasteiger charge is -2.11. The summed E-state index contributed by atoms with van der Waals surface area (Å²) in [6.45, 7) is 1.37. The van der Waals surface area contributed by atoms with E-state index < -0.39 is 0 Å². The summed E-state index contributed by atoms with van der Waals surface area (Å²) in [4.78, 5) is 4.13. The van der Waals surface area contributed by atoms with Crippen LogP contribution in [0.4, 0.5) is 4.39 Å². The predicted octanol–water partition coefficient (Wildman–Crippen LogP) is 2.07. The fourth-order valence-corrected chi connectivity index (χ4v) is 1.76. The Morgan fingerprint density at radius 3 is 2.62 bits per heavy atom. The number of aliphatic imine (C=N–C) groups is 1. The maximum Gasteiger partial charge on any atom is 0.191 e. The highest BCUT2D eigenvalue weighted by molar-refractivity contribution is 14.0.